The van der Waals surface area contributed by atoms with Crippen molar-refractivity contribution in [2.24, 2.45) is 0 Å². The van der Waals surface area contributed by atoms with Crippen LogP contribution >= 0.6 is 0 Å². The van der Waals surface area contributed by atoms with E-state index in [2.05, 4.69) is 9.97 Å². The summed E-state index contributed by atoms with van der Waals surface area (Å²) < 4.78 is 0. The van der Waals surface area contributed by atoms with Gasteiger partial charge in [-0.25, -0.2) is 0 Å². The highest BCUT2D eigenvalue weighted by Crippen LogP contribution is 2.25. The van der Waals surface area contributed by atoms with E-state index in [-0.39, 0.29) is 17.9 Å². The molecule has 2 aromatic rings. The lowest BCUT2D eigenvalue weighted by molar-refractivity contribution is 0.0408. The lowest BCUT2D eigenvalue weighted by Crippen LogP contribution is -2.55. The maximum absolute atomic E-state index is 13.1. The largest absolute Gasteiger partial charge is 0.354 e. The third-order valence-electron chi connectivity index (χ3n) is 6.87. The van der Waals surface area contributed by atoms with Crippen LogP contribution in [0.4, 0.5) is 0 Å². The summed E-state index contributed by atoms with van der Waals surface area (Å²) in [6.45, 7) is 3.78. The lowest BCUT2D eigenvalue weighted by Gasteiger charge is -2.39. The molecule has 3 aliphatic rings. The molecule has 6 nitrogen and oxygen atoms in total. The average molecular weight is 395 g/mol. The third kappa shape index (κ3) is 3.38. The van der Waals surface area contributed by atoms with Gasteiger partial charge in [0.15, 0.2) is 0 Å². The highest BCUT2D eigenvalue weighted by molar-refractivity contribution is 5.95. The van der Waals surface area contributed by atoms with Gasteiger partial charge in [0.1, 0.15) is 11.4 Å². The second-order valence-corrected chi connectivity index (χ2v) is 8.89. The van der Waals surface area contributed by atoms with Gasteiger partial charge >= 0.3 is 0 Å². The number of aromatic amines is 2. The predicted molar refractivity (Wildman–Crippen MR) is 111 cm³/mol. The number of aromatic nitrogens is 2. The van der Waals surface area contributed by atoms with Gasteiger partial charge < -0.3 is 19.8 Å². The number of hydrogen-bond donors (Lipinski definition) is 2. The van der Waals surface area contributed by atoms with E-state index < -0.39 is 0 Å². The van der Waals surface area contributed by atoms with Gasteiger partial charge in [0.2, 0.25) is 0 Å². The van der Waals surface area contributed by atoms with E-state index in [0.717, 1.165) is 25.7 Å². The van der Waals surface area contributed by atoms with Crippen molar-refractivity contribution in [2.75, 3.05) is 19.6 Å². The molecule has 0 bridgehead atoms. The fourth-order valence-corrected chi connectivity index (χ4v) is 5.21. The van der Waals surface area contributed by atoms with Crippen molar-refractivity contribution in [3.63, 3.8) is 0 Å². The topological polar surface area (TPSA) is 72.2 Å². The normalized spacial score (nSPS) is 21.6. The first-order valence-electron chi connectivity index (χ1n) is 11.1. The van der Waals surface area contributed by atoms with E-state index in [1.54, 1.807) is 0 Å². The Morgan fingerprint density at radius 1 is 0.828 bits per heavy atom. The van der Waals surface area contributed by atoms with E-state index in [4.69, 9.17) is 0 Å². The molecule has 0 radical (unpaired) electrons. The number of amides is 2. The van der Waals surface area contributed by atoms with Crippen LogP contribution in [0.1, 0.15) is 76.1 Å². The van der Waals surface area contributed by atoms with Gasteiger partial charge in [0.25, 0.3) is 11.8 Å². The molecule has 2 aromatic heterocycles. The molecule has 2 amide bonds. The van der Waals surface area contributed by atoms with Gasteiger partial charge in [-0.15, -0.1) is 0 Å². The van der Waals surface area contributed by atoms with Crippen LogP contribution in [0.2, 0.25) is 0 Å². The minimum absolute atomic E-state index is 0.00474. The van der Waals surface area contributed by atoms with E-state index in [9.17, 15) is 9.59 Å². The molecule has 1 unspecified atom stereocenters. The Kier molecular flexibility index (Phi) is 4.72. The molecule has 1 fully saturated rings. The van der Waals surface area contributed by atoms with Crippen molar-refractivity contribution in [1.82, 2.24) is 19.8 Å². The number of H-pyrrole nitrogens is 2. The number of carbonyl (C=O) groups is 2. The molecule has 154 valence electrons. The fourth-order valence-electron chi connectivity index (χ4n) is 5.21. The smallest absolute Gasteiger partial charge is 0.270 e. The first kappa shape index (κ1) is 18.5. The number of aryl methyl sites for hydroxylation is 4. The summed E-state index contributed by atoms with van der Waals surface area (Å²) >= 11 is 0. The number of nitrogens with one attached hydrogen (secondary N) is 2. The molecular formula is C23H30N4O2. The van der Waals surface area contributed by atoms with Crippen molar-refractivity contribution in [1.29, 1.82) is 0 Å². The number of nitrogens with zero attached hydrogens (tertiary/aromatic N) is 2. The zero-order chi connectivity index (χ0) is 20.0. The van der Waals surface area contributed by atoms with Crippen LogP contribution in [-0.2, 0) is 25.7 Å². The predicted octanol–water partition coefficient (Wildman–Crippen LogP) is 3.09. The maximum atomic E-state index is 13.1. The quantitative estimate of drug-likeness (QED) is 0.822. The third-order valence-corrected chi connectivity index (χ3v) is 6.87. The lowest BCUT2D eigenvalue weighted by atomic mass is 9.98. The SMILES string of the molecule is CC1CN(C(=O)c2cc3c([nH]2)CCCC3)CCN1C(=O)c1cc2c([nH]1)CCCC2. The second kappa shape index (κ2) is 7.39. The number of piperazine rings is 1. The fraction of sp³-hybridized carbons (Fsp3) is 0.565. The second-order valence-electron chi connectivity index (χ2n) is 8.89. The molecule has 2 aliphatic carbocycles. The van der Waals surface area contributed by atoms with Crippen LogP contribution in [-0.4, -0.2) is 57.3 Å². The summed E-state index contributed by atoms with van der Waals surface area (Å²) in [5.41, 5.74) is 6.49. The molecule has 6 heteroatoms. The van der Waals surface area contributed by atoms with Gasteiger partial charge in [-0.1, -0.05) is 0 Å². The Bertz CT molecular complexity index is 894. The first-order chi connectivity index (χ1) is 14.1. The molecular weight excluding hydrogens is 364 g/mol. The van der Waals surface area contributed by atoms with E-state index in [1.807, 2.05) is 28.9 Å². The van der Waals surface area contributed by atoms with Crippen molar-refractivity contribution in [2.45, 2.75) is 64.3 Å². The highest BCUT2D eigenvalue weighted by Gasteiger charge is 2.32. The monoisotopic (exact) mass is 394 g/mol. The Hall–Kier alpha value is -2.50. The molecule has 0 saturated carbocycles. The molecule has 1 aliphatic heterocycles. The Morgan fingerprint density at radius 2 is 1.38 bits per heavy atom. The summed E-state index contributed by atoms with van der Waals surface area (Å²) in [5.74, 6) is 0.128. The Labute approximate surface area is 171 Å². The molecule has 1 saturated heterocycles. The molecule has 3 heterocycles. The van der Waals surface area contributed by atoms with Crippen LogP contribution in [0.25, 0.3) is 0 Å². The van der Waals surface area contributed by atoms with Gasteiger partial charge in [0.05, 0.1) is 0 Å². The summed E-state index contributed by atoms with van der Waals surface area (Å²) in [7, 11) is 0. The summed E-state index contributed by atoms with van der Waals surface area (Å²) in [5, 5.41) is 0. The van der Waals surface area contributed by atoms with Gasteiger partial charge in [0, 0.05) is 37.1 Å². The zero-order valence-corrected chi connectivity index (χ0v) is 17.2. The number of rotatable bonds is 2. The molecule has 0 aromatic carbocycles. The summed E-state index contributed by atoms with van der Waals surface area (Å²) in [6.07, 6.45) is 9.02. The van der Waals surface area contributed by atoms with Crippen LogP contribution < -0.4 is 0 Å². The summed E-state index contributed by atoms with van der Waals surface area (Å²) in [4.78, 5) is 36.6. The van der Waals surface area contributed by atoms with E-state index in [1.165, 1.54) is 48.2 Å². The summed E-state index contributed by atoms with van der Waals surface area (Å²) in [6, 6.07) is 4.10. The van der Waals surface area contributed by atoms with E-state index in [0.29, 0.717) is 31.0 Å². The first-order valence-corrected chi connectivity index (χ1v) is 11.1. The zero-order valence-electron chi connectivity index (χ0n) is 17.2. The molecule has 29 heavy (non-hydrogen) atoms. The number of carbonyl (C=O) groups excluding carboxylic acids is 2. The van der Waals surface area contributed by atoms with Crippen molar-refractivity contribution in [3.8, 4) is 0 Å². The Balaban J connectivity index is 1.26. The van der Waals surface area contributed by atoms with E-state index >= 15 is 0 Å². The molecule has 2 N–H and O–H groups in total. The standard InChI is InChI=1S/C23H30N4O2/c1-15-14-26(22(28)20-12-16-6-2-4-8-18(16)24-20)10-11-27(15)23(29)21-13-17-7-3-5-9-19(17)25-21/h12-13,15,24-25H,2-11,14H2,1H3. The van der Waals surface area contributed by atoms with Crippen LogP contribution in [0.5, 0.6) is 0 Å². The van der Waals surface area contributed by atoms with Gasteiger partial charge in [-0.3, -0.25) is 9.59 Å². The minimum atomic E-state index is 0.00474. The molecule has 0 spiro atoms. The molecule has 1 atom stereocenters. The Morgan fingerprint density at radius 3 is 1.93 bits per heavy atom. The highest BCUT2D eigenvalue weighted by atomic mass is 16.2. The van der Waals surface area contributed by atoms with Gasteiger partial charge in [-0.2, -0.15) is 0 Å². The molecule has 5 rings (SSSR count). The van der Waals surface area contributed by atoms with Crippen LogP contribution in [0.15, 0.2) is 12.1 Å². The van der Waals surface area contributed by atoms with Gasteiger partial charge in [-0.05, 0) is 81.5 Å². The average Bonchev–Trinajstić information content (AvgIpc) is 3.36. The number of fused-ring (bicyclic) bond motifs is 2. The minimum Gasteiger partial charge on any atom is -0.354 e. The van der Waals surface area contributed by atoms with Crippen molar-refractivity contribution < 1.29 is 9.59 Å². The van der Waals surface area contributed by atoms with Crippen LogP contribution in [0.3, 0.4) is 0 Å². The maximum Gasteiger partial charge on any atom is 0.270 e. The van der Waals surface area contributed by atoms with Crippen molar-refractivity contribution >= 4 is 11.8 Å². The number of hydrogen-bond acceptors (Lipinski definition) is 2. The van der Waals surface area contributed by atoms with Crippen LogP contribution in [0, 0.1) is 0 Å². The van der Waals surface area contributed by atoms with Crippen molar-refractivity contribution in [3.05, 3.63) is 46.0 Å².